The number of nitrogens with zero attached hydrogens (tertiary/aromatic N) is 1. The molecule has 0 fully saturated rings. The summed E-state index contributed by atoms with van der Waals surface area (Å²) in [7, 11) is 0. The number of carbonyl (C=O) groups is 4. The van der Waals surface area contributed by atoms with Gasteiger partial charge in [-0.2, -0.15) is 0 Å². The summed E-state index contributed by atoms with van der Waals surface area (Å²) in [6, 6.07) is -3.64. The minimum Gasteiger partial charge on any atom is -0.480 e. The molecule has 28 heavy (non-hydrogen) atoms. The molecule has 0 aromatic carbocycles. The van der Waals surface area contributed by atoms with Crippen LogP contribution in [0, 0.1) is 0 Å². The minimum atomic E-state index is -1.32. The summed E-state index contributed by atoms with van der Waals surface area (Å²) in [5.41, 5.74) is 15.5. The lowest BCUT2D eigenvalue weighted by atomic mass is 10.1. The lowest BCUT2D eigenvalue weighted by Crippen LogP contribution is -2.58. The van der Waals surface area contributed by atoms with Crippen LogP contribution in [-0.2, 0) is 19.2 Å². The van der Waals surface area contributed by atoms with Gasteiger partial charge in [0.1, 0.15) is 18.1 Å². The van der Waals surface area contributed by atoms with E-state index in [4.69, 9.17) is 17.2 Å². The number of nitrogens with two attached hydrogens (primary N) is 3. The number of nitrogens with one attached hydrogen (secondary N) is 3. The van der Waals surface area contributed by atoms with Crippen LogP contribution in [0.3, 0.4) is 0 Å². The molecule has 0 heterocycles. The third-order valence-corrected chi connectivity index (χ3v) is 3.58. The molecule has 0 aliphatic carbocycles. The quantitative estimate of drug-likeness (QED) is 0.0897. The summed E-state index contributed by atoms with van der Waals surface area (Å²) in [5.74, 6) is -3.61. The first kappa shape index (κ1) is 25.1. The van der Waals surface area contributed by atoms with E-state index >= 15 is 0 Å². The second kappa shape index (κ2) is 12.5. The van der Waals surface area contributed by atoms with Gasteiger partial charge in [0, 0.05) is 6.54 Å². The van der Waals surface area contributed by atoms with Crippen molar-refractivity contribution in [3.05, 3.63) is 0 Å². The Morgan fingerprint density at radius 1 is 1.04 bits per heavy atom. The first-order valence-electron chi connectivity index (χ1n) is 8.56. The second-order valence-corrected chi connectivity index (χ2v) is 6.07. The Hall–Kier alpha value is -2.93. The molecular formula is C15H29N7O6. The zero-order chi connectivity index (χ0) is 21.9. The van der Waals surface area contributed by atoms with Gasteiger partial charge in [0.15, 0.2) is 5.96 Å². The van der Waals surface area contributed by atoms with Gasteiger partial charge in [0.25, 0.3) is 0 Å². The molecule has 0 saturated carbocycles. The van der Waals surface area contributed by atoms with Gasteiger partial charge in [-0.3, -0.25) is 19.4 Å². The number of rotatable bonds is 12. The van der Waals surface area contributed by atoms with Crippen molar-refractivity contribution in [3.63, 3.8) is 0 Å². The number of aliphatic hydroxyl groups excluding tert-OH is 1. The molecule has 0 bridgehead atoms. The van der Waals surface area contributed by atoms with Gasteiger partial charge >= 0.3 is 5.97 Å². The van der Waals surface area contributed by atoms with Crippen LogP contribution in [0.25, 0.3) is 0 Å². The Labute approximate surface area is 162 Å². The van der Waals surface area contributed by atoms with E-state index in [1.54, 1.807) is 0 Å². The fourth-order valence-electron chi connectivity index (χ4n) is 2.06. The van der Waals surface area contributed by atoms with Crippen molar-refractivity contribution < 1.29 is 29.4 Å². The predicted octanol–water partition coefficient (Wildman–Crippen LogP) is -4.06. The number of aliphatic imine (C=N–C) groups is 1. The molecule has 0 saturated heterocycles. The molecule has 4 atom stereocenters. The van der Waals surface area contributed by atoms with Gasteiger partial charge in [-0.1, -0.05) is 0 Å². The van der Waals surface area contributed by atoms with Gasteiger partial charge in [-0.25, -0.2) is 4.79 Å². The SMILES string of the molecule is CC(NC(=O)C(NC(=O)CN)C(C)O)C(=O)NC(CCCN=C(N)N)C(=O)O. The average molecular weight is 403 g/mol. The highest BCUT2D eigenvalue weighted by molar-refractivity contribution is 5.93. The monoisotopic (exact) mass is 403 g/mol. The zero-order valence-electron chi connectivity index (χ0n) is 15.8. The highest BCUT2D eigenvalue weighted by Crippen LogP contribution is 2.00. The Kier molecular flexibility index (Phi) is 11.2. The molecule has 0 aliphatic rings. The number of hydrogen-bond donors (Lipinski definition) is 8. The second-order valence-electron chi connectivity index (χ2n) is 6.07. The van der Waals surface area contributed by atoms with Crippen molar-refractivity contribution in [2.45, 2.75) is 50.9 Å². The van der Waals surface area contributed by atoms with Crippen LogP contribution >= 0.6 is 0 Å². The highest BCUT2D eigenvalue weighted by Gasteiger charge is 2.29. The summed E-state index contributed by atoms with van der Waals surface area (Å²) >= 11 is 0. The third-order valence-electron chi connectivity index (χ3n) is 3.58. The topological polar surface area (TPSA) is 235 Å². The van der Waals surface area contributed by atoms with E-state index in [0.29, 0.717) is 6.42 Å². The molecule has 13 nitrogen and oxygen atoms in total. The van der Waals surface area contributed by atoms with Gasteiger partial charge < -0.3 is 43.4 Å². The summed E-state index contributed by atoms with van der Waals surface area (Å²) < 4.78 is 0. The van der Waals surface area contributed by atoms with Gasteiger partial charge in [0.05, 0.1) is 12.6 Å². The Balaban J connectivity index is 4.79. The number of hydrogen-bond acceptors (Lipinski definition) is 7. The Morgan fingerprint density at radius 3 is 2.11 bits per heavy atom. The minimum absolute atomic E-state index is 0.0708. The van der Waals surface area contributed by atoms with Crippen LogP contribution < -0.4 is 33.2 Å². The number of carboxylic acid groups (broad SMARTS) is 1. The van der Waals surface area contributed by atoms with Crippen molar-refractivity contribution in [2.75, 3.05) is 13.1 Å². The van der Waals surface area contributed by atoms with Gasteiger partial charge in [0.2, 0.25) is 17.7 Å². The van der Waals surface area contributed by atoms with E-state index in [0.717, 1.165) is 0 Å². The van der Waals surface area contributed by atoms with E-state index in [9.17, 15) is 29.4 Å². The number of guanidine groups is 1. The predicted molar refractivity (Wildman–Crippen MR) is 99.7 cm³/mol. The van der Waals surface area contributed by atoms with Crippen LogP contribution in [-0.4, -0.2) is 77.2 Å². The maximum absolute atomic E-state index is 12.2. The molecule has 0 spiro atoms. The first-order chi connectivity index (χ1) is 13.0. The van der Waals surface area contributed by atoms with E-state index < -0.39 is 47.9 Å². The molecule has 3 amide bonds. The van der Waals surface area contributed by atoms with Crippen LogP contribution in [0.5, 0.6) is 0 Å². The molecule has 4 unspecified atom stereocenters. The zero-order valence-corrected chi connectivity index (χ0v) is 15.8. The first-order valence-corrected chi connectivity index (χ1v) is 8.56. The Bertz CT molecular complexity index is 591. The molecule has 0 aliphatic heterocycles. The van der Waals surface area contributed by atoms with Crippen molar-refractivity contribution in [1.29, 1.82) is 0 Å². The lowest BCUT2D eigenvalue weighted by molar-refractivity contribution is -0.142. The highest BCUT2D eigenvalue weighted by atomic mass is 16.4. The summed E-state index contributed by atoms with van der Waals surface area (Å²) in [6.07, 6.45) is -0.861. The molecule has 0 rings (SSSR count). The maximum atomic E-state index is 12.2. The van der Waals surface area contributed by atoms with Crippen molar-refractivity contribution in [1.82, 2.24) is 16.0 Å². The van der Waals surface area contributed by atoms with Crippen molar-refractivity contribution >= 4 is 29.7 Å². The number of carbonyl (C=O) groups excluding carboxylic acids is 3. The number of carboxylic acids is 1. The van der Waals surface area contributed by atoms with Crippen molar-refractivity contribution in [3.8, 4) is 0 Å². The van der Waals surface area contributed by atoms with E-state index in [2.05, 4.69) is 20.9 Å². The molecular weight excluding hydrogens is 374 g/mol. The van der Waals surface area contributed by atoms with Gasteiger partial charge in [-0.05, 0) is 26.7 Å². The van der Waals surface area contributed by atoms with Crippen molar-refractivity contribution in [2.24, 2.45) is 22.2 Å². The summed E-state index contributed by atoms with van der Waals surface area (Å²) in [6.45, 7) is 2.43. The lowest BCUT2D eigenvalue weighted by Gasteiger charge is -2.23. The van der Waals surface area contributed by atoms with E-state index in [-0.39, 0.29) is 25.5 Å². The van der Waals surface area contributed by atoms with Gasteiger partial charge in [-0.15, -0.1) is 0 Å². The molecule has 0 aromatic heterocycles. The largest absolute Gasteiger partial charge is 0.480 e. The molecule has 13 heteroatoms. The normalized spacial score (nSPS) is 14.7. The third kappa shape index (κ3) is 9.68. The van der Waals surface area contributed by atoms with Crippen LogP contribution in [0.15, 0.2) is 4.99 Å². The fourth-order valence-corrected chi connectivity index (χ4v) is 2.06. The summed E-state index contributed by atoms with van der Waals surface area (Å²) in [5, 5.41) is 25.7. The molecule has 0 radical (unpaired) electrons. The summed E-state index contributed by atoms with van der Waals surface area (Å²) in [4.78, 5) is 50.7. The fraction of sp³-hybridized carbons (Fsp3) is 0.667. The maximum Gasteiger partial charge on any atom is 0.326 e. The Morgan fingerprint density at radius 2 is 1.64 bits per heavy atom. The molecule has 11 N–H and O–H groups in total. The number of aliphatic hydroxyl groups is 1. The number of amides is 3. The molecule has 160 valence electrons. The van der Waals surface area contributed by atoms with E-state index in [1.165, 1.54) is 13.8 Å². The van der Waals surface area contributed by atoms with Crippen LogP contribution in [0.1, 0.15) is 26.7 Å². The van der Waals surface area contributed by atoms with Crippen LogP contribution in [0.2, 0.25) is 0 Å². The number of aliphatic carboxylic acids is 1. The van der Waals surface area contributed by atoms with Crippen LogP contribution in [0.4, 0.5) is 0 Å². The van der Waals surface area contributed by atoms with E-state index in [1.807, 2.05) is 0 Å². The smallest absolute Gasteiger partial charge is 0.326 e. The standard InChI is InChI=1S/C15H29N7O6/c1-7(20-13(26)11(8(2)23)22-10(24)6-16)12(25)21-9(14(27)28)4-3-5-19-15(17)18/h7-9,11,23H,3-6,16H2,1-2H3,(H,20,26)(H,21,25)(H,22,24)(H,27,28)(H4,17,18,19). The average Bonchev–Trinajstić information content (AvgIpc) is 2.60. The molecule has 0 aromatic rings.